The Morgan fingerprint density at radius 2 is 2.15 bits per heavy atom. The molecule has 0 saturated heterocycles. The molecule has 4 nitrogen and oxygen atoms in total. The maximum atomic E-state index is 11.6. The van der Waals surface area contributed by atoms with Crippen LogP contribution in [0.2, 0.25) is 5.15 Å². The first-order valence-corrected chi connectivity index (χ1v) is 7.19. The van der Waals surface area contributed by atoms with Crippen molar-refractivity contribution in [1.82, 2.24) is 4.98 Å². The molecule has 2 rings (SSSR count). The molecule has 0 spiro atoms. The topological polar surface area (TPSA) is 79.8 Å². The zero-order valence-corrected chi connectivity index (χ0v) is 12.7. The number of pyridine rings is 1. The summed E-state index contributed by atoms with van der Waals surface area (Å²) in [6.07, 6.45) is 2.00. The highest BCUT2D eigenvalue weighted by molar-refractivity contribution is 6.33. The summed E-state index contributed by atoms with van der Waals surface area (Å²) in [5, 5.41) is 9.49. The summed E-state index contributed by atoms with van der Waals surface area (Å²) in [6, 6.07) is 2.11. The molecule has 1 amide bonds. The summed E-state index contributed by atoms with van der Waals surface area (Å²) in [7, 11) is 0. The van der Waals surface area contributed by atoms with Crippen molar-refractivity contribution in [2.75, 3.05) is 0 Å². The van der Waals surface area contributed by atoms with E-state index in [0.29, 0.717) is 11.5 Å². The lowest BCUT2D eigenvalue weighted by molar-refractivity contribution is 0.0999. The Labute approximate surface area is 123 Å². The van der Waals surface area contributed by atoms with Crippen molar-refractivity contribution >= 4 is 17.5 Å². The summed E-state index contributed by atoms with van der Waals surface area (Å²) in [6.45, 7) is 6.32. The van der Waals surface area contributed by atoms with E-state index in [1.54, 1.807) is 0 Å². The Morgan fingerprint density at radius 1 is 1.50 bits per heavy atom. The first-order valence-electron chi connectivity index (χ1n) is 6.81. The number of carbonyl (C=O) groups excluding carboxylic acids is 1. The van der Waals surface area contributed by atoms with Crippen LogP contribution in [-0.4, -0.2) is 10.9 Å². The number of hydrogen-bond acceptors (Lipinski definition) is 3. The number of nitrogens with zero attached hydrogens (tertiary/aromatic N) is 2. The third kappa shape index (κ3) is 2.27. The molecule has 2 atom stereocenters. The molecule has 20 heavy (non-hydrogen) atoms. The maximum Gasteiger partial charge on any atom is 0.253 e. The number of carbonyl (C=O) groups is 1. The molecule has 2 N–H and O–H groups in total. The van der Waals surface area contributed by atoms with Gasteiger partial charge in [0.15, 0.2) is 0 Å². The van der Waals surface area contributed by atoms with Crippen molar-refractivity contribution in [2.45, 2.75) is 45.4 Å². The molecule has 1 aromatic heterocycles. The average Bonchev–Trinajstić information content (AvgIpc) is 2.36. The lowest BCUT2D eigenvalue weighted by Crippen LogP contribution is -2.24. The van der Waals surface area contributed by atoms with Crippen molar-refractivity contribution in [3.05, 3.63) is 27.5 Å². The second-order valence-electron chi connectivity index (χ2n) is 5.76. The minimum Gasteiger partial charge on any atom is -0.365 e. The van der Waals surface area contributed by atoms with Crippen LogP contribution < -0.4 is 5.73 Å². The SMILES string of the molecule is CC(C)[C@H]1CC[C@H](C)c2c1nc(Cl)c(C(N)=O)c2C#N. The van der Waals surface area contributed by atoms with Gasteiger partial charge in [0.25, 0.3) is 5.91 Å². The van der Waals surface area contributed by atoms with Gasteiger partial charge in [0.1, 0.15) is 11.2 Å². The Hall–Kier alpha value is -1.60. The first-order chi connectivity index (χ1) is 9.38. The quantitative estimate of drug-likeness (QED) is 0.849. The molecule has 0 fully saturated rings. The molecular formula is C15H18ClN3O. The predicted molar refractivity (Wildman–Crippen MR) is 77.7 cm³/mol. The molecule has 106 valence electrons. The molecule has 1 aliphatic rings. The third-order valence-electron chi connectivity index (χ3n) is 4.14. The minimum absolute atomic E-state index is 0.0487. The fourth-order valence-corrected chi connectivity index (χ4v) is 3.35. The van der Waals surface area contributed by atoms with Gasteiger partial charge in [-0.2, -0.15) is 5.26 Å². The molecule has 0 aromatic carbocycles. The normalized spacial score (nSPS) is 21.4. The highest BCUT2D eigenvalue weighted by Crippen LogP contribution is 2.44. The number of amides is 1. The number of fused-ring (bicyclic) bond motifs is 1. The molecule has 5 heteroatoms. The van der Waals surface area contributed by atoms with Crippen LogP contribution in [0.1, 0.15) is 72.6 Å². The van der Waals surface area contributed by atoms with Gasteiger partial charge in [-0.25, -0.2) is 4.98 Å². The van der Waals surface area contributed by atoms with Crippen LogP contribution in [0.3, 0.4) is 0 Å². The van der Waals surface area contributed by atoms with Crippen LogP contribution in [0.25, 0.3) is 0 Å². The molecular weight excluding hydrogens is 274 g/mol. The highest BCUT2D eigenvalue weighted by Gasteiger charge is 2.33. The predicted octanol–water partition coefficient (Wildman–Crippen LogP) is 3.34. The van der Waals surface area contributed by atoms with Crippen molar-refractivity contribution in [3.63, 3.8) is 0 Å². The van der Waals surface area contributed by atoms with Crippen molar-refractivity contribution < 1.29 is 4.79 Å². The molecule has 0 saturated carbocycles. The summed E-state index contributed by atoms with van der Waals surface area (Å²) in [5.41, 5.74) is 7.44. The molecule has 0 radical (unpaired) electrons. The standard InChI is InChI=1S/C15H18ClN3O/c1-7(2)9-5-4-8(3)11-10(6-17)12(15(18)20)14(16)19-13(9)11/h7-9H,4-5H2,1-3H3,(H2,18,20)/t8-,9+/m0/s1. The van der Waals surface area contributed by atoms with E-state index in [0.717, 1.165) is 24.1 Å². The number of aromatic nitrogens is 1. The second kappa shape index (κ2) is 5.41. The average molecular weight is 292 g/mol. The molecule has 0 unspecified atom stereocenters. The minimum atomic E-state index is -0.694. The second-order valence-corrected chi connectivity index (χ2v) is 6.11. The smallest absolute Gasteiger partial charge is 0.253 e. The van der Waals surface area contributed by atoms with Gasteiger partial charge in [-0.1, -0.05) is 32.4 Å². The van der Waals surface area contributed by atoms with Crippen molar-refractivity contribution in [3.8, 4) is 6.07 Å². The van der Waals surface area contributed by atoms with Gasteiger partial charge in [-0.15, -0.1) is 0 Å². The fourth-order valence-electron chi connectivity index (χ4n) is 3.07. The Balaban J connectivity index is 2.78. The van der Waals surface area contributed by atoms with Crippen LogP contribution in [0, 0.1) is 17.2 Å². The summed E-state index contributed by atoms with van der Waals surface area (Å²) in [4.78, 5) is 16.0. The number of nitrogens with two attached hydrogens (primary N) is 1. The van der Waals surface area contributed by atoms with Crippen LogP contribution >= 0.6 is 11.6 Å². The molecule has 0 aliphatic heterocycles. The summed E-state index contributed by atoms with van der Waals surface area (Å²) >= 11 is 6.09. The van der Waals surface area contributed by atoms with Gasteiger partial charge in [0, 0.05) is 5.92 Å². The Bertz CT molecular complexity index is 604. The summed E-state index contributed by atoms with van der Waals surface area (Å²) in [5.74, 6) is 0.182. The number of halogens is 1. The Kier molecular flexibility index (Phi) is 4.01. The van der Waals surface area contributed by atoms with Crippen molar-refractivity contribution in [2.24, 2.45) is 11.7 Å². The lowest BCUT2D eigenvalue weighted by Gasteiger charge is -2.32. The van der Waals surface area contributed by atoms with E-state index in [-0.39, 0.29) is 22.6 Å². The number of rotatable bonds is 2. The molecule has 1 heterocycles. The van der Waals surface area contributed by atoms with E-state index in [4.69, 9.17) is 17.3 Å². The number of hydrogen-bond donors (Lipinski definition) is 1. The van der Waals surface area contributed by atoms with Gasteiger partial charge in [0.05, 0.1) is 16.8 Å². The van der Waals surface area contributed by atoms with Gasteiger partial charge >= 0.3 is 0 Å². The van der Waals surface area contributed by atoms with Gasteiger partial charge in [0.2, 0.25) is 0 Å². The van der Waals surface area contributed by atoms with Crippen LogP contribution in [0.5, 0.6) is 0 Å². The lowest BCUT2D eigenvalue weighted by atomic mass is 9.74. The van der Waals surface area contributed by atoms with E-state index in [1.807, 2.05) is 0 Å². The van der Waals surface area contributed by atoms with Crippen LogP contribution in [0.4, 0.5) is 0 Å². The Morgan fingerprint density at radius 3 is 2.65 bits per heavy atom. The highest BCUT2D eigenvalue weighted by atomic mass is 35.5. The van der Waals surface area contributed by atoms with Gasteiger partial charge in [-0.05, 0) is 30.2 Å². The zero-order valence-electron chi connectivity index (χ0n) is 11.9. The molecule has 1 aliphatic carbocycles. The van der Waals surface area contributed by atoms with Gasteiger partial charge < -0.3 is 5.73 Å². The van der Waals surface area contributed by atoms with Crippen molar-refractivity contribution in [1.29, 1.82) is 5.26 Å². The van der Waals surface area contributed by atoms with E-state index in [2.05, 4.69) is 31.8 Å². The van der Waals surface area contributed by atoms with E-state index < -0.39 is 5.91 Å². The fraction of sp³-hybridized carbons (Fsp3) is 0.533. The van der Waals surface area contributed by atoms with E-state index in [9.17, 15) is 10.1 Å². The zero-order chi connectivity index (χ0) is 15.0. The summed E-state index contributed by atoms with van der Waals surface area (Å²) < 4.78 is 0. The van der Waals surface area contributed by atoms with Gasteiger partial charge in [-0.3, -0.25) is 4.79 Å². The molecule has 1 aromatic rings. The number of primary amides is 1. The van der Waals surface area contributed by atoms with Crippen LogP contribution in [0.15, 0.2) is 0 Å². The maximum absolute atomic E-state index is 11.6. The molecule has 0 bridgehead atoms. The first kappa shape index (κ1) is 14.8. The monoisotopic (exact) mass is 291 g/mol. The van der Waals surface area contributed by atoms with E-state index in [1.165, 1.54) is 0 Å². The van der Waals surface area contributed by atoms with Crippen LogP contribution in [-0.2, 0) is 0 Å². The third-order valence-corrected chi connectivity index (χ3v) is 4.41. The largest absolute Gasteiger partial charge is 0.365 e. The van der Waals surface area contributed by atoms with E-state index >= 15 is 0 Å². The number of nitriles is 1.